The van der Waals surface area contributed by atoms with Crippen LogP contribution in [0.5, 0.6) is 5.75 Å². The van der Waals surface area contributed by atoms with Gasteiger partial charge in [-0.3, -0.25) is 9.78 Å². The van der Waals surface area contributed by atoms with E-state index in [2.05, 4.69) is 15.3 Å². The minimum absolute atomic E-state index is 0.0112. The molecule has 0 atom stereocenters. The summed E-state index contributed by atoms with van der Waals surface area (Å²) in [5, 5.41) is 5.64. The van der Waals surface area contributed by atoms with Crippen molar-refractivity contribution in [3.63, 3.8) is 0 Å². The van der Waals surface area contributed by atoms with Crippen molar-refractivity contribution in [2.45, 2.75) is 13.5 Å². The molecule has 0 saturated heterocycles. The number of carbonyl (C=O) groups is 1. The lowest BCUT2D eigenvalue weighted by Crippen LogP contribution is -2.28. The zero-order chi connectivity index (χ0) is 16.8. The fraction of sp³-hybridized carbons (Fsp3) is 0.167. The fourth-order valence-corrected chi connectivity index (χ4v) is 2.84. The van der Waals surface area contributed by atoms with Crippen LogP contribution in [0.15, 0.2) is 54.2 Å². The summed E-state index contributed by atoms with van der Waals surface area (Å²) in [5.41, 5.74) is 2.95. The molecule has 1 aromatic carbocycles. The smallest absolute Gasteiger partial charge is 0.258 e. The summed E-state index contributed by atoms with van der Waals surface area (Å²) in [6.45, 7) is 2.37. The van der Waals surface area contributed by atoms with Crippen LogP contribution in [-0.2, 0) is 11.3 Å². The van der Waals surface area contributed by atoms with Crippen LogP contribution in [0.3, 0.4) is 0 Å². The summed E-state index contributed by atoms with van der Waals surface area (Å²) < 4.78 is 5.45. The average molecular weight is 339 g/mol. The highest BCUT2D eigenvalue weighted by atomic mass is 32.1. The highest BCUT2D eigenvalue weighted by molar-refractivity contribution is 7.13. The van der Waals surface area contributed by atoms with Gasteiger partial charge in [0.15, 0.2) is 6.61 Å². The molecule has 0 unspecified atom stereocenters. The molecule has 0 spiro atoms. The zero-order valence-corrected chi connectivity index (χ0v) is 14.0. The van der Waals surface area contributed by atoms with Crippen LogP contribution in [0, 0.1) is 6.92 Å². The maximum Gasteiger partial charge on any atom is 0.258 e. The minimum Gasteiger partial charge on any atom is -0.484 e. The van der Waals surface area contributed by atoms with Gasteiger partial charge in [0.1, 0.15) is 10.8 Å². The molecule has 122 valence electrons. The summed E-state index contributed by atoms with van der Waals surface area (Å²) in [6, 6.07) is 11.4. The number of thiazole rings is 1. The fourth-order valence-electron chi connectivity index (χ4n) is 2.03. The number of aryl methyl sites for hydroxylation is 1. The SMILES string of the molecule is Cc1ccc(OCC(=O)NCc2csc(-c3cccnc3)n2)cc1. The van der Waals surface area contributed by atoms with Gasteiger partial charge in [-0.1, -0.05) is 17.7 Å². The quantitative estimate of drug-likeness (QED) is 0.749. The van der Waals surface area contributed by atoms with E-state index in [1.54, 1.807) is 12.4 Å². The molecule has 0 bridgehead atoms. The Bertz CT molecular complexity index is 801. The Labute approximate surface area is 144 Å². The molecule has 2 aromatic heterocycles. The zero-order valence-electron chi connectivity index (χ0n) is 13.2. The van der Waals surface area contributed by atoms with E-state index >= 15 is 0 Å². The van der Waals surface area contributed by atoms with E-state index in [-0.39, 0.29) is 12.5 Å². The van der Waals surface area contributed by atoms with Crippen LogP contribution < -0.4 is 10.1 Å². The first-order valence-electron chi connectivity index (χ1n) is 7.52. The number of amides is 1. The van der Waals surface area contributed by atoms with Crippen molar-refractivity contribution in [3.8, 4) is 16.3 Å². The predicted molar refractivity (Wildman–Crippen MR) is 93.9 cm³/mol. The van der Waals surface area contributed by atoms with E-state index in [1.807, 2.05) is 48.7 Å². The molecule has 0 saturated carbocycles. The van der Waals surface area contributed by atoms with Crippen LogP contribution in [0.4, 0.5) is 0 Å². The highest BCUT2D eigenvalue weighted by Crippen LogP contribution is 2.22. The Balaban J connectivity index is 1.48. The van der Waals surface area contributed by atoms with Crippen molar-refractivity contribution in [1.82, 2.24) is 15.3 Å². The van der Waals surface area contributed by atoms with Crippen molar-refractivity contribution < 1.29 is 9.53 Å². The van der Waals surface area contributed by atoms with Gasteiger partial charge in [-0.2, -0.15) is 0 Å². The van der Waals surface area contributed by atoms with E-state index < -0.39 is 0 Å². The molecule has 24 heavy (non-hydrogen) atoms. The second-order valence-corrected chi connectivity index (χ2v) is 6.12. The maximum absolute atomic E-state index is 11.9. The average Bonchev–Trinajstić information content (AvgIpc) is 3.09. The van der Waals surface area contributed by atoms with E-state index in [0.29, 0.717) is 12.3 Å². The maximum atomic E-state index is 11.9. The first-order chi connectivity index (χ1) is 11.7. The molecule has 0 aliphatic rings. The summed E-state index contributed by atoms with van der Waals surface area (Å²) in [6.07, 6.45) is 3.50. The number of hydrogen-bond acceptors (Lipinski definition) is 5. The summed E-state index contributed by atoms with van der Waals surface area (Å²) in [5.74, 6) is 0.509. The summed E-state index contributed by atoms with van der Waals surface area (Å²) in [7, 11) is 0. The molecular formula is C18H17N3O2S. The Morgan fingerprint density at radius 1 is 1.25 bits per heavy atom. The number of benzene rings is 1. The number of ether oxygens (including phenoxy) is 1. The van der Waals surface area contributed by atoms with Crippen LogP contribution >= 0.6 is 11.3 Å². The van der Waals surface area contributed by atoms with Crippen molar-refractivity contribution in [1.29, 1.82) is 0 Å². The third kappa shape index (κ3) is 4.39. The summed E-state index contributed by atoms with van der Waals surface area (Å²) in [4.78, 5) is 20.4. The highest BCUT2D eigenvalue weighted by Gasteiger charge is 2.07. The normalized spacial score (nSPS) is 10.4. The van der Waals surface area contributed by atoms with Crippen LogP contribution in [0.1, 0.15) is 11.3 Å². The van der Waals surface area contributed by atoms with E-state index in [1.165, 1.54) is 11.3 Å². The first kappa shape index (κ1) is 16.1. The molecule has 1 N–H and O–H groups in total. The monoisotopic (exact) mass is 339 g/mol. The Morgan fingerprint density at radius 3 is 2.83 bits per heavy atom. The summed E-state index contributed by atoms with van der Waals surface area (Å²) >= 11 is 1.53. The second kappa shape index (κ2) is 7.70. The molecule has 0 fully saturated rings. The topological polar surface area (TPSA) is 64.1 Å². The molecule has 3 rings (SSSR count). The van der Waals surface area contributed by atoms with Gasteiger partial charge in [0.2, 0.25) is 0 Å². The van der Waals surface area contributed by atoms with Gasteiger partial charge in [-0.25, -0.2) is 4.98 Å². The van der Waals surface area contributed by atoms with E-state index in [9.17, 15) is 4.79 Å². The molecule has 2 heterocycles. The van der Waals surface area contributed by atoms with Crippen molar-refractivity contribution in [2.24, 2.45) is 0 Å². The van der Waals surface area contributed by atoms with Crippen LogP contribution in [-0.4, -0.2) is 22.5 Å². The standard InChI is InChI=1S/C18H17N3O2S/c1-13-4-6-16(7-5-13)23-11-17(22)20-10-15-12-24-18(21-15)14-3-2-8-19-9-14/h2-9,12H,10-11H2,1H3,(H,20,22). The lowest BCUT2D eigenvalue weighted by atomic mass is 10.2. The Hall–Kier alpha value is -2.73. The van der Waals surface area contributed by atoms with Gasteiger partial charge in [0.05, 0.1) is 12.2 Å². The van der Waals surface area contributed by atoms with Crippen LogP contribution in [0.2, 0.25) is 0 Å². The van der Waals surface area contributed by atoms with Gasteiger partial charge in [0, 0.05) is 23.3 Å². The molecule has 5 nitrogen and oxygen atoms in total. The van der Waals surface area contributed by atoms with Gasteiger partial charge >= 0.3 is 0 Å². The molecular weight excluding hydrogens is 322 g/mol. The third-order valence-electron chi connectivity index (χ3n) is 3.32. The second-order valence-electron chi connectivity index (χ2n) is 5.26. The first-order valence-corrected chi connectivity index (χ1v) is 8.39. The molecule has 0 radical (unpaired) electrons. The van der Waals surface area contributed by atoms with Gasteiger partial charge in [-0.15, -0.1) is 11.3 Å². The lowest BCUT2D eigenvalue weighted by molar-refractivity contribution is -0.123. The van der Waals surface area contributed by atoms with Crippen molar-refractivity contribution in [2.75, 3.05) is 6.61 Å². The van der Waals surface area contributed by atoms with E-state index in [0.717, 1.165) is 21.8 Å². The number of hydrogen-bond donors (Lipinski definition) is 1. The molecule has 6 heteroatoms. The number of carbonyl (C=O) groups excluding carboxylic acids is 1. The largest absolute Gasteiger partial charge is 0.484 e. The van der Waals surface area contributed by atoms with Gasteiger partial charge < -0.3 is 10.1 Å². The number of rotatable bonds is 6. The lowest BCUT2D eigenvalue weighted by Gasteiger charge is -2.06. The predicted octanol–water partition coefficient (Wildman–Crippen LogP) is 3.21. The number of nitrogens with zero attached hydrogens (tertiary/aromatic N) is 2. The number of pyridine rings is 1. The minimum atomic E-state index is -0.175. The Morgan fingerprint density at radius 2 is 2.08 bits per heavy atom. The van der Waals surface area contributed by atoms with Gasteiger partial charge in [0.25, 0.3) is 5.91 Å². The van der Waals surface area contributed by atoms with Crippen molar-refractivity contribution >= 4 is 17.2 Å². The number of aromatic nitrogens is 2. The van der Waals surface area contributed by atoms with Gasteiger partial charge in [-0.05, 0) is 31.2 Å². The molecule has 0 aliphatic carbocycles. The van der Waals surface area contributed by atoms with Crippen LogP contribution in [0.25, 0.3) is 10.6 Å². The number of nitrogens with one attached hydrogen (secondary N) is 1. The van der Waals surface area contributed by atoms with E-state index in [4.69, 9.17) is 4.74 Å². The third-order valence-corrected chi connectivity index (χ3v) is 4.26. The Kier molecular flexibility index (Phi) is 5.18. The molecule has 1 amide bonds. The molecule has 3 aromatic rings. The molecule has 0 aliphatic heterocycles. The van der Waals surface area contributed by atoms with Crippen molar-refractivity contribution in [3.05, 3.63) is 65.4 Å².